The molecule has 2 heterocycles. The van der Waals surface area contributed by atoms with Gasteiger partial charge in [-0.3, -0.25) is 9.59 Å². The maximum absolute atomic E-state index is 12.8. The standard InChI is InChI=1S/C16H25N3O2S/c1-10(2)14(18-15(20)13-5-4-6-22-13)16(21)19-9-12(8-17)7-11(19)3/h4-6,10-12,14H,7-9,17H2,1-3H3,(H,18,20). The SMILES string of the molecule is CC(C)C(NC(=O)c1cccs1)C(=O)N1CC(CN)CC1C. The quantitative estimate of drug-likeness (QED) is 0.866. The molecule has 3 N–H and O–H groups in total. The summed E-state index contributed by atoms with van der Waals surface area (Å²) >= 11 is 1.38. The van der Waals surface area contributed by atoms with E-state index in [1.807, 2.05) is 37.1 Å². The molecule has 122 valence electrons. The van der Waals surface area contributed by atoms with E-state index >= 15 is 0 Å². The molecule has 1 aromatic rings. The molecule has 0 bridgehead atoms. The third-order valence-corrected chi connectivity index (χ3v) is 5.11. The molecular weight excluding hydrogens is 298 g/mol. The molecule has 1 aliphatic heterocycles. The van der Waals surface area contributed by atoms with Gasteiger partial charge in [-0.05, 0) is 43.2 Å². The van der Waals surface area contributed by atoms with Gasteiger partial charge >= 0.3 is 0 Å². The lowest BCUT2D eigenvalue weighted by Gasteiger charge is -2.29. The lowest BCUT2D eigenvalue weighted by atomic mass is 10.0. The van der Waals surface area contributed by atoms with E-state index in [-0.39, 0.29) is 23.8 Å². The highest BCUT2D eigenvalue weighted by Crippen LogP contribution is 2.24. The average Bonchev–Trinajstić information content (AvgIpc) is 3.12. The van der Waals surface area contributed by atoms with Gasteiger partial charge in [-0.2, -0.15) is 0 Å². The summed E-state index contributed by atoms with van der Waals surface area (Å²) in [7, 11) is 0. The predicted molar refractivity (Wildman–Crippen MR) is 88.7 cm³/mol. The van der Waals surface area contributed by atoms with Gasteiger partial charge in [0.15, 0.2) is 0 Å². The molecule has 0 aromatic carbocycles. The Labute approximate surface area is 135 Å². The van der Waals surface area contributed by atoms with Gasteiger partial charge in [0.05, 0.1) is 4.88 Å². The van der Waals surface area contributed by atoms with Crippen LogP contribution in [0.3, 0.4) is 0 Å². The molecule has 0 aliphatic carbocycles. The zero-order valence-corrected chi connectivity index (χ0v) is 14.2. The Hall–Kier alpha value is -1.40. The average molecular weight is 323 g/mol. The molecule has 3 unspecified atom stereocenters. The third kappa shape index (κ3) is 3.67. The normalized spacial score (nSPS) is 22.9. The monoisotopic (exact) mass is 323 g/mol. The minimum atomic E-state index is -0.492. The summed E-state index contributed by atoms with van der Waals surface area (Å²) < 4.78 is 0. The molecule has 2 rings (SSSR count). The Morgan fingerprint density at radius 3 is 2.73 bits per heavy atom. The topological polar surface area (TPSA) is 75.4 Å². The van der Waals surface area contributed by atoms with Crippen LogP contribution in [0.2, 0.25) is 0 Å². The summed E-state index contributed by atoms with van der Waals surface area (Å²) in [5.41, 5.74) is 5.73. The summed E-state index contributed by atoms with van der Waals surface area (Å²) in [6.45, 7) is 7.25. The van der Waals surface area contributed by atoms with Crippen LogP contribution in [0.25, 0.3) is 0 Å². The number of carbonyl (C=O) groups is 2. The number of rotatable bonds is 5. The Morgan fingerprint density at radius 1 is 1.50 bits per heavy atom. The van der Waals surface area contributed by atoms with Crippen LogP contribution in [0.4, 0.5) is 0 Å². The summed E-state index contributed by atoms with van der Waals surface area (Å²) in [6.07, 6.45) is 0.936. The van der Waals surface area contributed by atoms with Crippen molar-refractivity contribution in [2.24, 2.45) is 17.6 Å². The van der Waals surface area contributed by atoms with Gasteiger partial charge in [0.25, 0.3) is 5.91 Å². The maximum atomic E-state index is 12.8. The van der Waals surface area contributed by atoms with E-state index in [4.69, 9.17) is 5.73 Å². The molecule has 2 amide bonds. The molecule has 6 heteroatoms. The Balaban J connectivity index is 2.07. The van der Waals surface area contributed by atoms with Gasteiger partial charge in [0, 0.05) is 12.6 Å². The van der Waals surface area contributed by atoms with Crippen LogP contribution in [0.15, 0.2) is 17.5 Å². The molecule has 1 aromatic heterocycles. The number of hydrogen-bond donors (Lipinski definition) is 2. The van der Waals surface area contributed by atoms with Crippen molar-refractivity contribution >= 4 is 23.2 Å². The van der Waals surface area contributed by atoms with Crippen LogP contribution in [0.5, 0.6) is 0 Å². The molecule has 1 saturated heterocycles. The van der Waals surface area contributed by atoms with Crippen LogP contribution < -0.4 is 11.1 Å². The second kappa shape index (κ2) is 7.24. The van der Waals surface area contributed by atoms with E-state index in [1.54, 1.807) is 6.07 Å². The number of amides is 2. The van der Waals surface area contributed by atoms with E-state index in [1.165, 1.54) is 11.3 Å². The number of hydrogen-bond acceptors (Lipinski definition) is 4. The molecule has 0 radical (unpaired) electrons. The predicted octanol–water partition coefficient (Wildman–Crippen LogP) is 1.70. The fourth-order valence-corrected chi connectivity index (χ4v) is 3.56. The van der Waals surface area contributed by atoms with Crippen LogP contribution in [0, 0.1) is 11.8 Å². The Morgan fingerprint density at radius 2 is 2.23 bits per heavy atom. The van der Waals surface area contributed by atoms with E-state index in [0.717, 1.165) is 6.42 Å². The van der Waals surface area contributed by atoms with Crippen molar-refractivity contribution in [1.82, 2.24) is 10.2 Å². The summed E-state index contributed by atoms with van der Waals surface area (Å²) in [5.74, 6) is 0.230. The van der Waals surface area contributed by atoms with Crippen molar-refractivity contribution in [3.05, 3.63) is 22.4 Å². The highest BCUT2D eigenvalue weighted by Gasteiger charge is 2.36. The molecule has 1 fully saturated rings. The highest BCUT2D eigenvalue weighted by atomic mass is 32.1. The van der Waals surface area contributed by atoms with Gasteiger partial charge in [-0.25, -0.2) is 0 Å². The van der Waals surface area contributed by atoms with Crippen LogP contribution >= 0.6 is 11.3 Å². The first-order valence-corrected chi connectivity index (χ1v) is 8.67. The van der Waals surface area contributed by atoms with Crippen LogP contribution in [0.1, 0.15) is 36.9 Å². The molecule has 0 spiro atoms. The largest absolute Gasteiger partial charge is 0.339 e. The third-order valence-electron chi connectivity index (χ3n) is 4.24. The second-order valence-corrected chi connectivity index (χ2v) is 7.30. The first-order chi connectivity index (χ1) is 10.4. The van der Waals surface area contributed by atoms with E-state index in [9.17, 15) is 9.59 Å². The van der Waals surface area contributed by atoms with Gasteiger partial charge in [0.2, 0.25) is 5.91 Å². The number of thiophene rings is 1. The van der Waals surface area contributed by atoms with E-state index in [2.05, 4.69) is 5.32 Å². The van der Waals surface area contributed by atoms with Crippen molar-refractivity contribution in [2.45, 2.75) is 39.3 Å². The van der Waals surface area contributed by atoms with Crippen molar-refractivity contribution in [2.75, 3.05) is 13.1 Å². The van der Waals surface area contributed by atoms with E-state index in [0.29, 0.717) is 23.9 Å². The fraction of sp³-hybridized carbons (Fsp3) is 0.625. The lowest BCUT2D eigenvalue weighted by Crippen LogP contribution is -2.52. The summed E-state index contributed by atoms with van der Waals surface area (Å²) in [6, 6.07) is 3.29. The minimum absolute atomic E-state index is 0.00311. The van der Waals surface area contributed by atoms with Gasteiger partial charge < -0.3 is 16.0 Å². The summed E-state index contributed by atoms with van der Waals surface area (Å²) in [5, 5.41) is 4.75. The first kappa shape index (κ1) is 17.0. The molecule has 3 atom stereocenters. The second-order valence-electron chi connectivity index (χ2n) is 6.35. The van der Waals surface area contributed by atoms with Crippen LogP contribution in [-0.2, 0) is 4.79 Å². The van der Waals surface area contributed by atoms with Crippen molar-refractivity contribution in [3.8, 4) is 0 Å². The molecule has 5 nitrogen and oxygen atoms in total. The van der Waals surface area contributed by atoms with Crippen molar-refractivity contribution in [1.29, 1.82) is 0 Å². The first-order valence-electron chi connectivity index (χ1n) is 7.79. The van der Waals surface area contributed by atoms with Crippen molar-refractivity contribution in [3.63, 3.8) is 0 Å². The fourth-order valence-electron chi connectivity index (χ4n) is 2.93. The van der Waals surface area contributed by atoms with Gasteiger partial charge in [-0.15, -0.1) is 11.3 Å². The number of nitrogens with one attached hydrogen (secondary N) is 1. The number of nitrogens with zero attached hydrogens (tertiary/aromatic N) is 1. The maximum Gasteiger partial charge on any atom is 0.262 e. The molecular formula is C16H25N3O2S. The smallest absolute Gasteiger partial charge is 0.262 e. The van der Waals surface area contributed by atoms with Gasteiger partial charge in [-0.1, -0.05) is 19.9 Å². The Bertz CT molecular complexity index is 515. The molecule has 22 heavy (non-hydrogen) atoms. The zero-order chi connectivity index (χ0) is 16.3. The highest BCUT2D eigenvalue weighted by molar-refractivity contribution is 7.12. The Kier molecular flexibility index (Phi) is 5.58. The lowest BCUT2D eigenvalue weighted by molar-refractivity contribution is -0.135. The van der Waals surface area contributed by atoms with Crippen molar-refractivity contribution < 1.29 is 9.59 Å². The minimum Gasteiger partial charge on any atom is -0.339 e. The molecule has 0 saturated carbocycles. The van der Waals surface area contributed by atoms with E-state index < -0.39 is 6.04 Å². The van der Waals surface area contributed by atoms with Gasteiger partial charge in [0.1, 0.15) is 6.04 Å². The number of carbonyl (C=O) groups excluding carboxylic acids is 2. The van der Waals surface area contributed by atoms with Crippen LogP contribution in [-0.4, -0.2) is 41.9 Å². The molecule has 1 aliphatic rings. The summed E-state index contributed by atoms with van der Waals surface area (Å²) in [4.78, 5) is 27.6. The zero-order valence-electron chi connectivity index (χ0n) is 13.4. The number of nitrogens with two attached hydrogens (primary N) is 1. The number of likely N-dealkylation sites (tertiary alicyclic amines) is 1.